The van der Waals surface area contributed by atoms with Crippen LogP contribution in [0.4, 0.5) is 5.69 Å². The smallest absolute Gasteiger partial charge is 0.354 e. The molecule has 0 bridgehead atoms. The number of H-pyrrole nitrogens is 1. The molecule has 0 amide bonds. The van der Waals surface area contributed by atoms with Crippen molar-refractivity contribution in [2.24, 2.45) is 0 Å². The van der Waals surface area contributed by atoms with E-state index < -0.39 is 10.9 Å². The molecule has 7 nitrogen and oxygen atoms in total. The molecule has 116 valence electrons. The predicted molar refractivity (Wildman–Crippen MR) is 85.3 cm³/mol. The number of thiazole rings is 1. The van der Waals surface area contributed by atoms with E-state index in [0.717, 1.165) is 5.56 Å². The van der Waals surface area contributed by atoms with Crippen molar-refractivity contribution in [2.45, 2.75) is 0 Å². The second kappa shape index (κ2) is 6.01. The molecule has 8 heteroatoms. The number of esters is 1. The topological polar surface area (TPSA) is 98.1 Å². The summed E-state index contributed by atoms with van der Waals surface area (Å²) < 4.78 is 4.64. The van der Waals surface area contributed by atoms with Gasteiger partial charge in [-0.25, -0.2) is 9.78 Å². The number of ether oxygens (including phenoxy) is 1. The van der Waals surface area contributed by atoms with Crippen molar-refractivity contribution in [3.8, 4) is 21.8 Å². The van der Waals surface area contributed by atoms with E-state index in [9.17, 15) is 14.9 Å². The number of nitro benzene ring substituents is 1. The Morgan fingerprint density at radius 3 is 2.91 bits per heavy atom. The van der Waals surface area contributed by atoms with Gasteiger partial charge in [-0.15, -0.1) is 11.3 Å². The van der Waals surface area contributed by atoms with Gasteiger partial charge in [-0.05, 0) is 6.07 Å². The van der Waals surface area contributed by atoms with Crippen LogP contribution in [-0.2, 0) is 4.74 Å². The highest BCUT2D eigenvalue weighted by molar-refractivity contribution is 7.13. The number of aromatic nitrogens is 2. The van der Waals surface area contributed by atoms with E-state index in [4.69, 9.17) is 0 Å². The standard InChI is InChI=1S/C15H11N3O4S/c1-22-15(19)12-6-10(7-16-12)13-8-23-14(17-13)9-3-2-4-11(5-9)18(20)21/h2-8,16H,1H3. The summed E-state index contributed by atoms with van der Waals surface area (Å²) in [7, 11) is 1.31. The van der Waals surface area contributed by atoms with Crippen LogP contribution in [0, 0.1) is 10.1 Å². The molecule has 0 aliphatic heterocycles. The van der Waals surface area contributed by atoms with E-state index in [1.54, 1.807) is 24.4 Å². The maximum absolute atomic E-state index is 11.5. The summed E-state index contributed by atoms with van der Waals surface area (Å²) >= 11 is 1.38. The third kappa shape index (κ3) is 2.97. The number of nitro groups is 1. The van der Waals surface area contributed by atoms with Gasteiger partial charge in [-0.3, -0.25) is 10.1 Å². The van der Waals surface area contributed by atoms with Crippen LogP contribution in [0.15, 0.2) is 41.9 Å². The predicted octanol–water partition coefficient (Wildman–Crippen LogP) is 3.50. The number of nitrogens with zero attached hydrogens (tertiary/aromatic N) is 2. The number of hydrogen-bond donors (Lipinski definition) is 1. The minimum atomic E-state index is -0.453. The van der Waals surface area contributed by atoms with Crippen LogP contribution in [0.2, 0.25) is 0 Å². The van der Waals surface area contributed by atoms with Crippen molar-refractivity contribution < 1.29 is 14.5 Å². The molecule has 1 N–H and O–H groups in total. The van der Waals surface area contributed by atoms with Gasteiger partial charge in [0.2, 0.25) is 0 Å². The Labute approximate surface area is 134 Å². The summed E-state index contributed by atoms with van der Waals surface area (Å²) in [6, 6.07) is 7.97. The lowest BCUT2D eigenvalue weighted by atomic mass is 10.2. The third-order valence-corrected chi connectivity index (χ3v) is 4.08. The van der Waals surface area contributed by atoms with Crippen LogP contribution in [0.3, 0.4) is 0 Å². The molecule has 0 saturated carbocycles. The molecule has 0 radical (unpaired) electrons. The zero-order valence-corrected chi connectivity index (χ0v) is 12.8. The van der Waals surface area contributed by atoms with Gasteiger partial charge in [-0.2, -0.15) is 0 Å². The molecule has 0 aliphatic carbocycles. The lowest BCUT2D eigenvalue weighted by Crippen LogP contribution is -2.00. The highest BCUT2D eigenvalue weighted by Crippen LogP contribution is 2.30. The summed E-state index contributed by atoms with van der Waals surface area (Å²) in [5, 5.41) is 13.3. The van der Waals surface area contributed by atoms with Crippen LogP contribution in [0.5, 0.6) is 0 Å². The van der Waals surface area contributed by atoms with Gasteiger partial charge in [0.15, 0.2) is 0 Å². The zero-order valence-electron chi connectivity index (χ0n) is 12.0. The number of hydrogen-bond acceptors (Lipinski definition) is 6. The number of rotatable bonds is 4. The van der Waals surface area contributed by atoms with Gasteiger partial charge in [0, 0.05) is 34.8 Å². The Hall–Kier alpha value is -3.00. The first-order valence-corrected chi connectivity index (χ1v) is 7.44. The summed E-state index contributed by atoms with van der Waals surface area (Å²) in [6.45, 7) is 0. The van der Waals surface area contributed by atoms with Crippen LogP contribution in [0.1, 0.15) is 10.5 Å². The molecule has 0 fully saturated rings. The van der Waals surface area contributed by atoms with Gasteiger partial charge in [0.25, 0.3) is 5.69 Å². The normalized spacial score (nSPS) is 10.5. The molecule has 0 aliphatic rings. The van der Waals surface area contributed by atoms with E-state index >= 15 is 0 Å². The summed E-state index contributed by atoms with van der Waals surface area (Å²) in [4.78, 5) is 29.2. The fraction of sp³-hybridized carbons (Fsp3) is 0.0667. The second-order valence-corrected chi connectivity index (χ2v) is 5.50. The van der Waals surface area contributed by atoms with Gasteiger partial charge < -0.3 is 9.72 Å². The van der Waals surface area contributed by atoms with Crippen molar-refractivity contribution in [2.75, 3.05) is 7.11 Å². The molecule has 1 aromatic carbocycles. The molecular formula is C15H11N3O4S. The number of carbonyl (C=O) groups is 1. The largest absolute Gasteiger partial charge is 0.464 e. The van der Waals surface area contributed by atoms with Crippen LogP contribution < -0.4 is 0 Å². The van der Waals surface area contributed by atoms with Crippen molar-refractivity contribution in [3.05, 3.63) is 57.7 Å². The van der Waals surface area contributed by atoms with Crippen LogP contribution in [-0.4, -0.2) is 28.0 Å². The van der Waals surface area contributed by atoms with Crippen molar-refractivity contribution >= 4 is 23.0 Å². The highest BCUT2D eigenvalue weighted by Gasteiger charge is 2.14. The van der Waals surface area contributed by atoms with Crippen LogP contribution >= 0.6 is 11.3 Å². The minimum Gasteiger partial charge on any atom is -0.464 e. The fourth-order valence-corrected chi connectivity index (χ4v) is 2.89. The first-order valence-electron chi connectivity index (χ1n) is 6.56. The quantitative estimate of drug-likeness (QED) is 0.449. The van der Waals surface area contributed by atoms with E-state index in [1.807, 2.05) is 5.38 Å². The Morgan fingerprint density at radius 2 is 2.17 bits per heavy atom. The maximum atomic E-state index is 11.5. The highest BCUT2D eigenvalue weighted by atomic mass is 32.1. The number of aromatic amines is 1. The number of nitrogens with one attached hydrogen (secondary N) is 1. The molecule has 2 aromatic heterocycles. The molecular weight excluding hydrogens is 318 g/mol. The number of carbonyl (C=O) groups excluding carboxylic acids is 1. The van der Waals surface area contributed by atoms with E-state index in [1.165, 1.54) is 30.6 Å². The van der Waals surface area contributed by atoms with Crippen molar-refractivity contribution in [1.82, 2.24) is 9.97 Å². The van der Waals surface area contributed by atoms with Gasteiger partial charge >= 0.3 is 5.97 Å². The third-order valence-electron chi connectivity index (χ3n) is 3.19. The minimum absolute atomic E-state index is 0.0221. The summed E-state index contributed by atoms with van der Waals surface area (Å²) in [5.41, 5.74) is 2.47. The lowest BCUT2D eigenvalue weighted by Gasteiger charge is -1.96. The molecule has 0 unspecified atom stereocenters. The van der Waals surface area contributed by atoms with Crippen LogP contribution in [0.25, 0.3) is 21.8 Å². The molecule has 0 spiro atoms. The first kappa shape index (κ1) is 14.9. The lowest BCUT2D eigenvalue weighted by molar-refractivity contribution is -0.384. The first-order chi connectivity index (χ1) is 11.1. The molecule has 0 saturated heterocycles. The number of non-ortho nitro benzene ring substituents is 1. The number of methoxy groups -OCH3 is 1. The fourth-order valence-electron chi connectivity index (χ4n) is 2.06. The average Bonchev–Trinajstić information content (AvgIpc) is 3.23. The zero-order chi connectivity index (χ0) is 16.4. The molecule has 0 atom stereocenters. The van der Waals surface area contributed by atoms with Crippen molar-refractivity contribution in [1.29, 1.82) is 0 Å². The van der Waals surface area contributed by atoms with Gasteiger partial charge in [-0.1, -0.05) is 12.1 Å². The molecule has 3 rings (SSSR count). The Bertz CT molecular complexity index is 884. The van der Waals surface area contributed by atoms with Gasteiger partial charge in [0.05, 0.1) is 17.7 Å². The van der Waals surface area contributed by atoms with Crippen molar-refractivity contribution in [3.63, 3.8) is 0 Å². The van der Waals surface area contributed by atoms with E-state index in [0.29, 0.717) is 22.0 Å². The van der Waals surface area contributed by atoms with Gasteiger partial charge in [0.1, 0.15) is 10.7 Å². The molecule has 23 heavy (non-hydrogen) atoms. The molecule has 3 aromatic rings. The van der Waals surface area contributed by atoms with E-state index in [2.05, 4.69) is 14.7 Å². The monoisotopic (exact) mass is 329 g/mol. The Morgan fingerprint density at radius 1 is 1.35 bits per heavy atom. The number of benzene rings is 1. The summed E-state index contributed by atoms with van der Waals surface area (Å²) in [6.07, 6.45) is 1.67. The second-order valence-electron chi connectivity index (χ2n) is 4.64. The Kier molecular flexibility index (Phi) is 3.90. The van der Waals surface area contributed by atoms with E-state index in [-0.39, 0.29) is 5.69 Å². The summed E-state index contributed by atoms with van der Waals surface area (Å²) in [5.74, 6) is -0.453. The maximum Gasteiger partial charge on any atom is 0.354 e. The SMILES string of the molecule is COC(=O)c1cc(-c2csc(-c3cccc([N+](=O)[O-])c3)n2)c[nH]1. The molecule has 2 heterocycles. The Balaban J connectivity index is 1.91. The average molecular weight is 329 g/mol.